The maximum atomic E-state index is 12.2. The number of carboxylic acids is 1. The topological polar surface area (TPSA) is 89.6 Å². The predicted octanol–water partition coefficient (Wildman–Crippen LogP) is 4.95. The van der Waals surface area contributed by atoms with Crippen LogP contribution in [0.1, 0.15) is 27.4 Å². The van der Waals surface area contributed by atoms with Gasteiger partial charge in [-0.2, -0.15) is 0 Å². The van der Waals surface area contributed by atoms with E-state index >= 15 is 0 Å². The molecule has 4 aromatic carbocycles. The molecule has 3 N–H and O–H groups in total. The van der Waals surface area contributed by atoms with E-state index in [1.807, 2.05) is 42.5 Å². The number of primary amides is 1. The Morgan fingerprint density at radius 2 is 1.40 bits per heavy atom. The molecule has 0 aliphatic heterocycles. The van der Waals surface area contributed by atoms with Crippen LogP contribution in [0.2, 0.25) is 0 Å². The lowest BCUT2D eigenvalue weighted by molar-refractivity contribution is -0.118. The maximum absolute atomic E-state index is 12.2. The third-order valence-electron chi connectivity index (χ3n) is 4.96. The Morgan fingerprint density at radius 1 is 0.767 bits per heavy atom. The Kier molecular flexibility index (Phi) is 5.18. The van der Waals surface area contributed by atoms with Crippen LogP contribution in [-0.4, -0.2) is 17.0 Å². The molecule has 0 aliphatic carbocycles. The largest absolute Gasteiger partial charge is 0.478 e. The number of carboxylic acid groups (broad SMARTS) is 1. The molecule has 0 aromatic heterocycles. The zero-order chi connectivity index (χ0) is 21.1. The summed E-state index contributed by atoms with van der Waals surface area (Å²) in [5.74, 6) is -1.29. The van der Waals surface area contributed by atoms with Crippen molar-refractivity contribution >= 4 is 22.6 Å². The molecular weight excluding hydrogens is 378 g/mol. The van der Waals surface area contributed by atoms with Crippen LogP contribution >= 0.6 is 0 Å². The van der Waals surface area contributed by atoms with Gasteiger partial charge in [-0.25, -0.2) is 4.79 Å². The van der Waals surface area contributed by atoms with E-state index in [1.165, 1.54) is 6.07 Å². The van der Waals surface area contributed by atoms with E-state index in [0.29, 0.717) is 22.6 Å². The van der Waals surface area contributed by atoms with E-state index in [1.54, 1.807) is 42.5 Å². The molecule has 0 radical (unpaired) electrons. The number of rotatable bonds is 6. The smallest absolute Gasteiger partial charge is 0.335 e. The molecule has 4 rings (SSSR count). The van der Waals surface area contributed by atoms with E-state index in [9.17, 15) is 14.7 Å². The molecule has 4 aromatic rings. The number of carbonyl (C=O) groups is 2. The van der Waals surface area contributed by atoms with Crippen LogP contribution in [0.3, 0.4) is 0 Å². The van der Waals surface area contributed by atoms with Crippen molar-refractivity contribution in [1.29, 1.82) is 0 Å². The molecule has 30 heavy (non-hydrogen) atoms. The second kappa shape index (κ2) is 8.09. The van der Waals surface area contributed by atoms with Crippen LogP contribution in [0.4, 0.5) is 0 Å². The lowest BCUT2D eigenvalue weighted by Crippen LogP contribution is -2.24. The Bertz CT molecular complexity index is 1230. The Balaban J connectivity index is 1.62. The second-order valence-corrected chi connectivity index (χ2v) is 6.91. The number of aromatic carboxylic acids is 1. The van der Waals surface area contributed by atoms with Crippen molar-refractivity contribution in [2.75, 3.05) is 0 Å². The van der Waals surface area contributed by atoms with Gasteiger partial charge in [-0.05, 0) is 52.2 Å². The number of nitrogens with two attached hydrogens (primary N) is 1. The molecule has 1 atom stereocenters. The van der Waals surface area contributed by atoms with E-state index in [-0.39, 0.29) is 5.56 Å². The summed E-state index contributed by atoms with van der Waals surface area (Å²) in [7, 11) is 0. The van der Waals surface area contributed by atoms with Crippen LogP contribution in [0.15, 0.2) is 91.0 Å². The number of benzene rings is 4. The standard InChI is InChI=1S/C25H19NO4/c26-24(27)23(21-7-3-4-8-22(21)25(28)29)17-10-12-19(13-11-17)30-20-14-9-16-5-1-2-6-18(16)15-20/h1-15,23H,(H2,26,27)(H,28,29). The SMILES string of the molecule is NC(=O)C(c1ccc(Oc2ccc3ccccc3c2)cc1)c1ccccc1C(=O)O. The molecule has 148 valence electrons. The monoisotopic (exact) mass is 397 g/mol. The molecule has 0 saturated carbocycles. The van der Waals surface area contributed by atoms with Gasteiger partial charge in [0.25, 0.3) is 0 Å². The van der Waals surface area contributed by atoms with Crippen molar-refractivity contribution in [3.8, 4) is 11.5 Å². The summed E-state index contributed by atoms with van der Waals surface area (Å²) in [5, 5.41) is 11.7. The van der Waals surface area contributed by atoms with Crippen LogP contribution < -0.4 is 10.5 Å². The average Bonchev–Trinajstić information content (AvgIpc) is 2.75. The molecule has 0 bridgehead atoms. The normalized spacial score (nSPS) is 11.7. The van der Waals surface area contributed by atoms with Gasteiger partial charge in [0, 0.05) is 0 Å². The molecule has 0 heterocycles. The summed E-state index contributed by atoms with van der Waals surface area (Å²) in [6.07, 6.45) is 0. The molecule has 0 spiro atoms. The van der Waals surface area contributed by atoms with Crippen LogP contribution in [0, 0.1) is 0 Å². The molecule has 1 unspecified atom stereocenters. The third kappa shape index (κ3) is 3.86. The summed E-state index contributed by atoms with van der Waals surface area (Å²) in [6, 6.07) is 27.2. The fourth-order valence-corrected chi connectivity index (χ4v) is 3.54. The minimum atomic E-state index is -1.10. The Morgan fingerprint density at radius 3 is 2.10 bits per heavy atom. The van der Waals surface area contributed by atoms with Gasteiger partial charge in [-0.15, -0.1) is 0 Å². The minimum Gasteiger partial charge on any atom is -0.478 e. The number of fused-ring (bicyclic) bond motifs is 1. The fraction of sp³-hybridized carbons (Fsp3) is 0.0400. The highest BCUT2D eigenvalue weighted by atomic mass is 16.5. The van der Waals surface area contributed by atoms with Gasteiger partial charge in [0.1, 0.15) is 11.5 Å². The summed E-state index contributed by atoms with van der Waals surface area (Å²) in [5.41, 5.74) is 6.64. The van der Waals surface area contributed by atoms with Crippen LogP contribution in [0.25, 0.3) is 10.8 Å². The first kappa shape index (κ1) is 19.2. The van der Waals surface area contributed by atoms with E-state index in [2.05, 4.69) is 0 Å². The second-order valence-electron chi connectivity index (χ2n) is 6.91. The van der Waals surface area contributed by atoms with Crippen molar-refractivity contribution in [2.45, 2.75) is 5.92 Å². The Hall–Kier alpha value is -4.12. The highest BCUT2D eigenvalue weighted by Gasteiger charge is 2.25. The minimum absolute atomic E-state index is 0.0535. The molecule has 0 fully saturated rings. The fourth-order valence-electron chi connectivity index (χ4n) is 3.54. The summed E-state index contributed by atoms with van der Waals surface area (Å²) in [4.78, 5) is 23.7. The number of carbonyl (C=O) groups excluding carboxylic acids is 1. The van der Waals surface area contributed by atoms with Crippen LogP contribution in [-0.2, 0) is 4.79 Å². The van der Waals surface area contributed by atoms with Crippen molar-refractivity contribution in [2.24, 2.45) is 5.73 Å². The number of hydrogen-bond donors (Lipinski definition) is 2. The van der Waals surface area contributed by atoms with Gasteiger partial charge in [-0.3, -0.25) is 4.79 Å². The molecule has 0 saturated heterocycles. The van der Waals surface area contributed by atoms with Crippen molar-refractivity contribution in [3.63, 3.8) is 0 Å². The lowest BCUT2D eigenvalue weighted by Gasteiger charge is -2.17. The van der Waals surface area contributed by atoms with E-state index in [4.69, 9.17) is 10.5 Å². The van der Waals surface area contributed by atoms with Gasteiger partial charge in [-0.1, -0.05) is 60.7 Å². The van der Waals surface area contributed by atoms with Gasteiger partial charge >= 0.3 is 5.97 Å². The molecule has 0 aliphatic rings. The highest BCUT2D eigenvalue weighted by Crippen LogP contribution is 2.31. The number of amides is 1. The first-order chi connectivity index (χ1) is 14.5. The molecular formula is C25H19NO4. The molecule has 5 heteroatoms. The van der Waals surface area contributed by atoms with Crippen molar-refractivity contribution in [3.05, 3.63) is 108 Å². The van der Waals surface area contributed by atoms with E-state index < -0.39 is 17.8 Å². The highest BCUT2D eigenvalue weighted by molar-refractivity contribution is 5.94. The van der Waals surface area contributed by atoms with Gasteiger partial charge in [0.15, 0.2) is 0 Å². The first-order valence-electron chi connectivity index (χ1n) is 9.41. The summed E-state index contributed by atoms with van der Waals surface area (Å²) in [6.45, 7) is 0. The third-order valence-corrected chi connectivity index (χ3v) is 4.96. The van der Waals surface area contributed by atoms with Gasteiger partial charge < -0.3 is 15.6 Å². The number of hydrogen-bond acceptors (Lipinski definition) is 3. The summed E-state index contributed by atoms with van der Waals surface area (Å²) < 4.78 is 5.94. The number of ether oxygens (including phenoxy) is 1. The Labute approximate surface area is 173 Å². The molecule has 1 amide bonds. The summed E-state index contributed by atoms with van der Waals surface area (Å²) >= 11 is 0. The first-order valence-corrected chi connectivity index (χ1v) is 9.41. The average molecular weight is 397 g/mol. The quantitative estimate of drug-likeness (QED) is 0.482. The lowest BCUT2D eigenvalue weighted by atomic mass is 9.87. The molecule has 5 nitrogen and oxygen atoms in total. The zero-order valence-electron chi connectivity index (χ0n) is 16.0. The van der Waals surface area contributed by atoms with Crippen LogP contribution in [0.5, 0.6) is 11.5 Å². The van der Waals surface area contributed by atoms with Crippen molar-refractivity contribution in [1.82, 2.24) is 0 Å². The van der Waals surface area contributed by atoms with E-state index in [0.717, 1.165) is 10.8 Å². The maximum Gasteiger partial charge on any atom is 0.335 e. The van der Waals surface area contributed by atoms with Gasteiger partial charge in [0.05, 0.1) is 11.5 Å². The van der Waals surface area contributed by atoms with Crippen molar-refractivity contribution < 1.29 is 19.4 Å². The predicted molar refractivity (Wildman–Crippen MR) is 115 cm³/mol. The zero-order valence-corrected chi connectivity index (χ0v) is 16.0. The van der Waals surface area contributed by atoms with Gasteiger partial charge in [0.2, 0.25) is 5.91 Å².